The highest BCUT2D eigenvalue weighted by molar-refractivity contribution is 5.94. The van der Waals surface area contributed by atoms with E-state index in [1.54, 1.807) is 22.1 Å². The number of amides is 2. The number of benzene rings is 1. The smallest absolute Gasteiger partial charge is 0.253 e. The van der Waals surface area contributed by atoms with Crippen LogP contribution >= 0.6 is 0 Å². The molecule has 0 N–H and O–H groups in total. The molecule has 1 spiro atoms. The fourth-order valence-electron chi connectivity index (χ4n) is 4.83. The van der Waals surface area contributed by atoms with Gasteiger partial charge in [-0.3, -0.25) is 14.4 Å². The van der Waals surface area contributed by atoms with Crippen LogP contribution < -0.4 is 0 Å². The number of rotatable bonds is 2. The standard InChI is InChI=1S/C20H25FN2O3/c21-16-6-3-5-15(13-16)18(24)22-11-9-20(14-22)8-4-7-17(20)19(25)23-10-1-2-12-26-23/h3,5-6,13,17H,1-2,4,7-12,14H2/t17-,20-/m0/s1. The molecular weight excluding hydrogens is 335 g/mol. The molecule has 1 aromatic carbocycles. The molecule has 0 aromatic heterocycles. The lowest BCUT2D eigenvalue weighted by molar-refractivity contribution is -0.204. The third-order valence-electron chi connectivity index (χ3n) is 6.20. The molecule has 2 atom stereocenters. The van der Waals surface area contributed by atoms with Gasteiger partial charge in [-0.2, -0.15) is 0 Å². The highest BCUT2D eigenvalue weighted by atomic mass is 19.1. The summed E-state index contributed by atoms with van der Waals surface area (Å²) in [5.74, 6) is -0.539. The van der Waals surface area contributed by atoms with E-state index in [2.05, 4.69) is 0 Å². The quantitative estimate of drug-likeness (QED) is 0.815. The van der Waals surface area contributed by atoms with Crippen molar-refractivity contribution in [3.63, 3.8) is 0 Å². The number of halogens is 1. The van der Waals surface area contributed by atoms with Crippen LogP contribution in [0.2, 0.25) is 0 Å². The molecule has 3 aliphatic rings. The molecular formula is C20H25FN2O3. The van der Waals surface area contributed by atoms with Crippen molar-refractivity contribution in [1.29, 1.82) is 0 Å². The van der Waals surface area contributed by atoms with E-state index in [1.165, 1.54) is 12.1 Å². The van der Waals surface area contributed by atoms with E-state index in [0.717, 1.165) is 38.5 Å². The summed E-state index contributed by atoms with van der Waals surface area (Å²) in [6.07, 6.45) is 5.64. The van der Waals surface area contributed by atoms with Crippen LogP contribution in [-0.2, 0) is 9.63 Å². The van der Waals surface area contributed by atoms with E-state index >= 15 is 0 Å². The summed E-state index contributed by atoms with van der Waals surface area (Å²) in [5.41, 5.74) is 0.225. The van der Waals surface area contributed by atoms with Gasteiger partial charge in [-0.1, -0.05) is 12.5 Å². The van der Waals surface area contributed by atoms with E-state index < -0.39 is 5.82 Å². The number of likely N-dealkylation sites (tertiary alicyclic amines) is 1. The second-order valence-electron chi connectivity index (χ2n) is 7.77. The normalized spacial score (nSPS) is 28.7. The molecule has 2 saturated heterocycles. The molecule has 2 heterocycles. The predicted octanol–water partition coefficient (Wildman–Crippen LogP) is 3.01. The van der Waals surface area contributed by atoms with Crippen molar-refractivity contribution in [3.05, 3.63) is 35.6 Å². The Balaban J connectivity index is 1.48. The fourth-order valence-corrected chi connectivity index (χ4v) is 4.83. The molecule has 1 aromatic rings. The number of hydrogen-bond donors (Lipinski definition) is 0. The summed E-state index contributed by atoms with van der Waals surface area (Å²) in [6, 6.07) is 5.83. The SMILES string of the molecule is O=C(c1cccc(F)c1)N1CC[C@@]2(CCC[C@H]2C(=O)N2CCCCO2)C1. The average Bonchev–Trinajstić information content (AvgIpc) is 3.28. The van der Waals surface area contributed by atoms with Crippen LogP contribution in [0.15, 0.2) is 24.3 Å². The average molecular weight is 360 g/mol. The summed E-state index contributed by atoms with van der Waals surface area (Å²) in [7, 11) is 0. The largest absolute Gasteiger partial charge is 0.338 e. The van der Waals surface area contributed by atoms with Crippen LogP contribution in [0.3, 0.4) is 0 Å². The molecule has 1 aliphatic carbocycles. The summed E-state index contributed by atoms with van der Waals surface area (Å²) in [4.78, 5) is 33.1. The first kappa shape index (κ1) is 17.5. The highest BCUT2D eigenvalue weighted by Gasteiger charge is 2.52. The number of hydroxylamine groups is 2. The van der Waals surface area contributed by atoms with Crippen LogP contribution in [0, 0.1) is 17.2 Å². The van der Waals surface area contributed by atoms with Gasteiger partial charge in [0.25, 0.3) is 5.91 Å². The van der Waals surface area contributed by atoms with Crippen molar-refractivity contribution in [2.75, 3.05) is 26.2 Å². The van der Waals surface area contributed by atoms with Gasteiger partial charge in [0, 0.05) is 36.5 Å². The van der Waals surface area contributed by atoms with E-state index in [-0.39, 0.29) is 23.1 Å². The van der Waals surface area contributed by atoms with Gasteiger partial charge < -0.3 is 4.90 Å². The lowest BCUT2D eigenvalue weighted by Gasteiger charge is -2.35. The zero-order chi connectivity index (χ0) is 18.1. The maximum Gasteiger partial charge on any atom is 0.253 e. The Bertz CT molecular complexity index is 704. The summed E-state index contributed by atoms with van der Waals surface area (Å²) in [5, 5.41) is 1.55. The van der Waals surface area contributed by atoms with E-state index in [9.17, 15) is 14.0 Å². The minimum absolute atomic E-state index is 0.0779. The molecule has 4 rings (SSSR count). The number of carbonyl (C=O) groups is 2. The molecule has 26 heavy (non-hydrogen) atoms. The van der Waals surface area contributed by atoms with Crippen LogP contribution in [0.4, 0.5) is 4.39 Å². The maximum atomic E-state index is 13.4. The maximum absolute atomic E-state index is 13.4. The Labute approximate surface area is 153 Å². The number of nitrogens with zero attached hydrogens (tertiary/aromatic N) is 2. The molecule has 0 bridgehead atoms. The van der Waals surface area contributed by atoms with Crippen LogP contribution in [0.25, 0.3) is 0 Å². The van der Waals surface area contributed by atoms with Crippen molar-refractivity contribution in [3.8, 4) is 0 Å². The lowest BCUT2D eigenvalue weighted by atomic mass is 9.76. The van der Waals surface area contributed by atoms with Crippen molar-refractivity contribution in [2.45, 2.75) is 38.5 Å². The molecule has 1 saturated carbocycles. The van der Waals surface area contributed by atoms with Crippen LogP contribution in [-0.4, -0.2) is 48.0 Å². The van der Waals surface area contributed by atoms with Gasteiger partial charge in [0.05, 0.1) is 6.61 Å². The Kier molecular flexibility index (Phi) is 4.69. The van der Waals surface area contributed by atoms with Crippen LogP contribution in [0.1, 0.15) is 48.9 Å². The summed E-state index contributed by atoms with van der Waals surface area (Å²) in [6.45, 7) is 2.47. The first-order chi connectivity index (χ1) is 12.6. The van der Waals surface area contributed by atoms with Gasteiger partial charge in [0.2, 0.25) is 5.91 Å². The molecule has 0 radical (unpaired) electrons. The van der Waals surface area contributed by atoms with Crippen molar-refractivity contribution in [2.24, 2.45) is 11.3 Å². The highest BCUT2D eigenvalue weighted by Crippen LogP contribution is 2.50. The second kappa shape index (κ2) is 6.99. The fraction of sp³-hybridized carbons (Fsp3) is 0.600. The zero-order valence-corrected chi connectivity index (χ0v) is 15.0. The Hall–Kier alpha value is -1.95. The zero-order valence-electron chi connectivity index (χ0n) is 15.0. The van der Waals surface area contributed by atoms with Crippen molar-refractivity contribution >= 4 is 11.8 Å². The van der Waals surface area contributed by atoms with E-state index in [1.807, 2.05) is 0 Å². The topological polar surface area (TPSA) is 49.9 Å². The van der Waals surface area contributed by atoms with Crippen LogP contribution in [0.5, 0.6) is 0 Å². The second-order valence-corrected chi connectivity index (χ2v) is 7.77. The van der Waals surface area contributed by atoms with Crippen molar-refractivity contribution in [1.82, 2.24) is 9.96 Å². The van der Waals surface area contributed by atoms with Gasteiger partial charge in [-0.05, 0) is 50.3 Å². The molecule has 2 amide bonds. The molecule has 3 fully saturated rings. The first-order valence-electron chi connectivity index (χ1n) is 9.58. The van der Waals surface area contributed by atoms with Crippen molar-refractivity contribution < 1.29 is 18.8 Å². The minimum Gasteiger partial charge on any atom is -0.338 e. The minimum atomic E-state index is -0.402. The van der Waals surface area contributed by atoms with E-state index in [4.69, 9.17) is 4.84 Å². The van der Waals surface area contributed by atoms with Gasteiger partial charge in [0.15, 0.2) is 0 Å². The number of hydrogen-bond acceptors (Lipinski definition) is 3. The Morgan fingerprint density at radius 1 is 1.15 bits per heavy atom. The number of carbonyl (C=O) groups excluding carboxylic acids is 2. The summed E-state index contributed by atoms with van der Waals surface area (Å²) >= 11 is 0. The molecule has 140 valence electrons. The lowest BCUT2D eigenvalue weighted by Crippen LogP contribution is -2.45. The predicted molar refractivity (Wildman–Crippen MR) is 93.6 cm³/mol. The Morgan fingerprint density at radius 2 is 2.04 bits per heavy atom. The van der Waals surface area contributed by atoms with Gasteiger partial charge in [0.1, 0.15) is 5.82 Å². The monoisotopic (exact) mass is 360 g/mol. The van der Waals surface area contributed by atoms with Gasteiger partial charge >= 0.3 is 0 Å². The van der Waals surface area contributed by atoms with Gasteiger partial charge in [-0.15, -0.1) is 0 Å². The third-order valence-corrected chi connectivity index (χ3v) is 6.20. The molecule has 6 heteroatoms. The molecule has 5 nitrogen and oxygen atoms in total. The van der Waals surface area contributed by atoms with E-state index in [0.29, 0.717) is 31.8 Å². The first-order valence-corrected chi connectivity index (χ1v) is 9.58. The molecule has 0 unspecified atom stereocenters. The third kappa shape index (κ3) is 3.11. The van der Waals surface area contributed by atoms with Gasteiger partial charge in [-0.25, -0.2) is 9.45 Å². The Morgan fingerprint density at radius 3 is 2.81 bits per heavy atom. The molecule has 2 aliphatic heterocycles. The summed E-state index contributed by atoms with van der Waals surface area (Å²) < 4.78 is 13.4.